The van der Waals surface area contributed by atoms with Crippen molar-refractivity contribution in [3.63, 3.8) is 0 Å². The standard InChI is InChI=1S/C14H23ClN4O2/c1-11-13(15)10-19(17-11)12(2)14(20)16-4-3-5-18-6-8-21-9-7-18/h10,12H,3-9H2,1-2H3,(H,16,20). The number of aromatic nitrogens is 2. The van der Waals surface area contributed by atoms with E-state index in [1.54, 1.807) is 10.9 Å². The molecule has 2 rings (SSSR count). The number of amides is 1. The highest BCUT2D eigenvalue weighted by Crippen LogP contribution is 2.15. The van der Waals surface area contributed by atoms with E-state index in [1.165, 1.54) is 0 Å². The Labute approximate surface area is 130 Å². The second-order valence-electron chi connectivity index (χ2n) is 5.32. The number of rotatable bonds is 6. The van der Waals surface area contributed by atoms with Crippen LogP contribution in [0.15, 0.2) is 6.20 Å². The molecule has 1 saturated heterocycles. The molecule has 7 heteroatoms. The maximum Gasteiger partial charge on any atom is 0.244 e. The van der Waals surface area contributed by atoms with E-state index in [1.807, 2.05) is 13.8 Å². The van der Waals surface area contributed by atoms with Crippen molar-refractivity contribution in [3.05, 3.63) is 16.9 Å². The van der Waals surface area contributed by atoms with E-state index in [0.29, 0.717) is 11.6 Å². The Hall–Kier alpha value is -1.11. The zero-order valence-electron chi connectivity index (χ0n) is 12.6. The molecule has 1 amide bonds. The number of aryl methyl sites for hydroxylation is 1. The molecular weight excluding hydrogens is 292 g/mol. The van der Waals surface area contributed by atoms with Gasteiger partial charge in [0, 0.05) is 25.8 Å². The van der Waals surface area contributed by atoms with Crippen LogP contribution in [-0.2, 0) is 9.53 Å². The summed E-state index contributed by atoms with van der Waals surface area (Å²) in [4.78, 5) is 14.4. The van der Waals surface area contributed by atoms with Crippen molar-refractivity contribution in [2.24, 2.45) is 0 Å². The topological polar surface area (TPSA) is 59.4 Å². The number of halogens is 1. The lowest BCUT2D eigenvalue weighted by Crippen LogP contribution is -2.38. The summed E-state index contributed by atoms with van der Waals surface area (Å²) in [6.45, 7) is 8.89. The van der Waals surface area contributed by atoms with Crippen LogP contribution in [0.4, 0.5) is 0 Å². The molecule has 1 aliphatic heterocycles. The van der Waals surface area contributed by atoms with Gasteiger partial charge in [-0.2, -0.15) is 5.10 Å². The third kappa shape index (κ3) is 4.69. The lowest BCUT2D eigenvalue weighted by Gasteiger charge is -2.26. The monoisotopic (exact) mass is 314 g/mol. The molecule has 1 aromatic rings. The minimum Gasteiger partial charge on any atom is -0.379 e. The number of ether oxygens (including phenoxy) is 1. The smallest absolute Gasteiger partial charge is 0.244 e. The van der Waals surface area contributed by atoms with Gasteiger partial charge in [-0.1, -0.05) is 11.6 Å². The maximum atomic E-state index is 12.1. The van der Waals surface area contributed by atoms with Crippen molar-refractivity contribution in [2.45, 2.75) is 26.3 Å². The molecule has 2 heterocycles. The van der Waals surface area contributed by atoms with Gasteiger partial charge < -0.3 is 10.1 Å². The van der Waals surface area contributed by atoms with E-state index in [4.69, 9.17) is 16.3 Å². The van der Waals surface area contributed by atoms with Crippen LogP contribution in [0.1, 0.15) is 25.1 Å². The first-order valence-corrected chi connectivity index (χ1v) is 7.75. The van der Waals surface area contributed by atoms with Crippen LogP contribution in [-0.4, -0.2) is 60.0 Å². The molecule has 1 fully saturated rings. The molecule has 118 valence electrons. The average molecular weight is 315 g/mol. The largest absolute Gasteiger partial charge is 0.379 e. The molecule has 0 saturated carbocycles. The summed E-state index contributed by atoms with van der Waals surface area (Å²) in [5, 5.41) is 7.77. The van der Waals surface area contributed by atoms with E-state index >= 15 is 0 Å². The quantitative estimate of drug-likeness (QED) is 0.803. The summed E-state index contributed by atoms with van der Waals surface area (Å²) >= 11 is 5.96. The van der Waals surface area contributed by atoms with Gasteiger partial charge in [-0.3, -0.25) is 14.4 Å². The van der Waals surface area contributed by atoms with Gasteiger partial charge in [0.1, 0.15) is 6.04 Å². The lowest BCUT2D eigenvalue weighted by atomic mass is 10.3. The first-order chi connectivity index (χ1) is 10.1. The van der Waals surface area contributed by atoms with Gasteiger partial charge in [0.25, 0.3) is 0 Å². The highest BCUT2D eigenvalue weighted by Gasteiger charge is 2.17. The van der Waals surface area contributed by atoms with Gasteiger partial charge in [0.05, 0.1) is 23.9 Å². The Morgan fingerprint density at radius 3 is 2.86 bits per heavy atom. The first kappa shape index (κ1) is 16.3. The fourth-order valence-corrected chi connectivity index (χ4v) is 2.40. The van der Waals surface area contributed by atoms with Crippen LogP contribution < -0.4 is 5.32 Å². The fraction of sp³-hybridized carbons (Fsp3) is 0.714. The normalized spacial score (nSPS) is 17.7. The number of hydrogen-bond acceptors (Lipinski definition) is 4. The van der Waals surface area contributed by atoms with Gasteiger partial charge in [-0.25, -0.2) is 0 Å². The number of hydrogen-bond donors (Lipinski definition) is 1. The van der Waals surface area contributed by atoms with Crippen molar-refractivity contribution >= 4 is 17.5 Å². The highest BCUT2D eigenvalue weighted by atomic mass is 35.5. The SMILES string of the molecule is Cc1nn(C(C)C(=O)NCCCN2CCOCC2)cc1Cl. The van der Waals surface area contributed by atoms with Crippen molar-refractivity contribution in [1.29, 1.82) is 0 Å². The predicted molar refractivity (Wildman–Crippen MR) is 81.6 cm³/mol. The summed E-state index contributed by atoms with van der Waals surface area (Å²) < 4.78 is 6.91. The molecule has 0 radical (unpaired) electrons. The molecule has 1 N–H and O–H groups in total. The number of morpholine rings is 1. The number of nitrogens with zero attached hydrogens (tertiary/aromatic N) is 3. The van der Waals surface area contributed by atoms with Crippen LogP contribution >= 0.6 is 11.6 Å². The van der Waals surface area contributed by atoms with Gasteiger partial charge in [0.15, 0.2) is 0 Å². The Morgan fingerprint density at radius 2 is 2.24 bits per heavy atom. The Bertz CT molecular complexity index is 452. The zero-order chi connectivity index (χ0) is 15.2. The van der Waals surface area contributed by atoms with Crippen molar-refractivity contribution in [2.75, 3.05) is 39.4 Å². The molecule has 1 aromatic heterocycles. The van der Waals surface area contributed by atoms with Crippen LogP contribution in [0.25, 0.3) is 0 Å². The second kappa shape index (κ2) is 7.77. The van der Waals surface area contributed by atoms with Crippen molar-refractivity contribution in [1.82, 2.24) is 20.0 Å². The van der Waals surface area contributed by atoms with Gasteiger partial charge >= 0.3 is 0 Å². The van der Waals surface area contributed by atoms with E-state index in [9.17, 15) is 4.79 Å². The minimum atomic E-state index is -0.348. The zero-order valence-corrected chi connectivity index (χ0v) is 13.4. The van der Waals surface area contributed by atoms with Crippen molar-refractivity contribution < 1.29 is 9.53 Å². The molecule has 21 heavy (non-hydrogen) atoms. The summed E-state index contributed by atoms with van der Waals surface area (Å²) in [5.74, 6) is -0.0313. The van der Waals surface area contributed by atoms with Gasteiger partial charge in [-0.15, -0.1) is 0 Å². The Balaban J connectivity index is 1.68. The lowest BCUT2D eigenvalue weighted by molar-refractivity contribution is -0.124. The minimum absolute atomic E-state index is 0.0313. The summed E-state index contributed by atoms with van der Waals surface area (Å²) in [6, 6.07) is -0.348. The highest BCUT2D eigenvalue weighted by molar-refractivity contribution is 6.31. The van der Waals surface area contributed by atoms with Crippen LogP contribution in [0.3, 0.4) is 0 Å². The van der Waals surface area contributed by atoms with Crippen molar-refractivity contribution in [3.8, 4) is 0 Å². The molecular formula is C14H23ClN4O2. The Morgan fingerprint density at radius 1 is 1.52 bits per heavy atom. The number of carbonyl (C=O) groups excluding carboxylic acids is 1. The number of carbonyl (C=O) groups is 1. The van der Waals surface area contributed by atoms with Gasteiger partial charge in [-0.05, 0) is 26.8 Å². The molecule has 1 aliphatic rings. The molecule has 0 aliphatic carbocycles. The van der Waals surface area contributed by atoms with Crippen LogP contribution in [0.5, 0.6) is 0 Å². The summed E-state index contributed by atoms with van der Waals surface area (Å²) in [6.07, 6.45) is 2.63. The maximum absolute atomic E-state index is 12.1. The summed E-state index contributed by atoms with van der Waals surface area (Å²) in [5.41, 5.74) is 0.739. The Kier molecular flexibility index (Phi) is 6.02. The number of nitrogens with one attached hydrogen (secondary N) is 1. The molecule has 0 bridgehead atoms. The molecule has 1 unspecified atom stereocenters. The van der Waals surface area contributed by atoms with E-state index < -0.39 is 0 Å². The van der Waals surface area contributed by atoms with E-state index in [2.05, 4.69) is 15.3 Å². The summed E-state index contributed by atoms with van der Waals surface area (Å²) in [7, 11) is 0. The fourth-order valence-electron chi connectivity index (χ4n) is 2.26. The second-order valence-corrected chi connectivity index (χ2v) is 5.72. The van der Waals surface area contributed by atoms with E-state index in [-0.39, 0.29) is 11.9 Å². The molecule has 0 aromatic carbocycles. The first-order valence-electron chi connectivity index (χ1n) is 7.37. The van der Waals surface area contributed by atoms with Gasteiger partial charge in [0.2, 0.25) is 5.91 Å². The van der Waals surface area contributed by atoms with Crippen LogP contribution in [0.2, 0.25) is 5.02 Å². The molecule has 6 nitrogen and oxygen atoms in total. The third-order valence-electron chi connectivity index (χ3n) is 3.69. The van der Waals surface area contributed by atoms with Crippen LogP contribution in [0, 0.1) is 6.92 Å². The predicted octanol–water partition coefficient (Wildman–Crippen LogP) is 1.24. The molecule has 1 atom stereocenters. The average Bonchev–Trinajstić information content (AvgIpc) is 2.83. The van der Waals surface area contributed by atoms with E-state index in [0.717, 1.165) is 45.0 Å². The molecule has 0 spiro atoms. The third-order valence-corrected chi connectivity index (χ3v) is 4.06.